The van der Waals surface area contributed by atoms with Crippen LogP contribution in [0.25, 0.3) is 5.69 Å². The van der Waals surface area contributed by atoms with E-state index in [9.17, 15) is 31.1 Å². The normalized spacial score (nSPS) is 12.0. The Balaban J connectivity index is 1.79. The third-order valence-corrected chi connectivity index (χ3v) is 4.90. The molecule has 0 spiro atoms. The van der Waals surface area contributed by atoms with Gasteiger partial charge in [-0.1, -0.05) is 11.6 Å². The molecule has 0 atom stereocenters. The molecule has 0 unspecified atom stereocenters. The molecule has 0 saturated carbocycles. The first-order chi connectivity index (χ1) is 14.4. The fourth-order valence-electron chi connectivity index (χ4n) is 2.52. The Kier molecular flexibility index (Phi) is 6.23. The number of halogens is 8. The number of amides is 1. The number of nitrogens with zero attached hydrogens (tertiary/aromatic N) is 2. The van der Waals surface area contributed by atoms with E-state index in [1.54, 1.807) is 0 Å². The number of hydrogen-bond acceptors (Lipinski definition) is 3. The summed E-state index contributed by atoms with van der Waals surface area (Å²) in [5.41, 5.74) is 2.90. The van der Waals surface area contributed by atoms with E-state index < -0.39 is 29.4 Å². The first kappa shape index (κ1) is 22.9. The highest BCUT2D eigenvalue weighted by Gasteiger charge is 2.32. The van der Waals surface area contributed by atoms with Crippen molar-refractivity contribution in [2.45, 2.75) is 12.4 Å². The summed E-state index contributed by atoms with van der Waals surface area (Å²) in [5, 5.41) is -0.379. The van der Waals surface area contributed by atoms with Crippen molar-refractivity contribution in [3.8, 4) is 5.69 Å². The van der Waals surface area contributed by atoms with Crippen LogP contribution in [0.2, 0.25) is 5.02 Å². The van der Waals surface area contributed by atoms with Crippen LogP contribution >= 0.6 is 27.5 Å². The molecule has 0 radical (unpaired) electrons. The quantitative estimate of drug-likeness (QED) is 0.319. The van der Waals surface area contributed by atoms with Gasteiger partial charge in [0.05, 0.1) is 21.8 Å². The van der Waals surface area contributed by atoms with Crippen molar-refractivity contribution < 1.29 is 31.1 Å². The van der Waals surface area contributed by atoms with Gasteiger partial charge in [0.1, 0.15) is 5.69 Å². The van der Waals surface area contributed by atoms with Crippen molar-refractivity contribution in [3.63, 3.8) is 0 Å². The van der Waals surface area contributed by atoms with Crippen molar-refractivity contribution in [1.82, 2.24) is 15.0 Å². The molecule has 164 valence electrons. The number of hydrogen-bond donors (Lipinski definition) is 2. The molecule has 0 fully saturated rings. The van der Waals surface area contributed by atoms with E-state index in [0.29, 0.717) is 12.3 Å². The molecule has 2 N–H and O–H groups in total. The number of nitrogens with one attached hydrogen (secondary N) is 2. The summed E-state index contributed by atoms with van der Waals surface area (Å²) in [7, 11) is 0. The van der Waals surface area contributed by atoms with Crippen molar-refractivity contribution in [1.29, 1.82) is 0 Å². The van der Waals surface area contributed by atoms with Gasteiger partial charge in [-0.3, -0.25) is 15.6 Å². The van der Waals surface area contributed by atoms with Crippen molar-refractivity contribution >= 4 is 39.3 Å². The van der Waals surface area contributed by atoms with Crippen LogP contribution in [-0.4, -0.2) is 15.5 Å². The van der Waals surface area contributed by atoms with Gasteiger partial charge in [0, 0.05) is 16.9 Å². The SMILES string of the molecule is O=C(NNc1ncc(C(F)(F)F)cc1Cl)c1cccn1-c1ccc(C(F)(F)F)cc1Br. The molecular weight excluding hydrogens is 518 g/mol. The van der Waals surface area contributed by atoms with Gasteiger partial charge in [0.25, 0.3) is 5.91 Å². The molecule has 3 rings (SSSR count). The molecule has 2 heterocycles. The molecule has 0 bridgehead atoms. The Hall–Kier alpha value is -2.73. The second-order valence-electron chi connectivity index (χ2n) is 6.06. The molecule has 1 amide bonds. The van der Waals surface area contributed by atoms with E-state index in [1.807, 2.05) is 0 Å². The summed E-state index contributed by atoms with van der Waals surface area (Å²) in [5.74, 6) is -0.966. The maximum Gasteiger partial charge on any atom is 0.417 e. The lowest BCUT2D eigenvalue weighted by Gasteiger charge is -2.15. The molecule has 0 aliphatic heterocycles. The molecule has 0 saturated heterocycles. The highest BCUT2D eigenvalue weighted by molar-refractivity contribution is 9.10. The average Bonchev–Trinajstić information content (AvgIpc) is 3.14. The van der Waals surface area contributed by atoms with Gasteiger partial charge in [0.2, 0.25) is 0 Å². The molecular formula is C18H10BrClF6N4O. The fraction of sp³-hybridized carbons (Fsp3) is 0.111. The first-order valence-electron chi connectivity index (χ1n) is 8.21. The average molecular weight is 528 g/mol. The van der Waals surface area contributed by atoms with Crippen molar-refractivity contribution in [2.24, 2.45) is 0 Å². The smallest absolute Gasteiger partial charge is 0.311 e. The maximum atomic E-state index is 12.9. The monoisotopic (exact) mass is 526 g/mol. The van der Waals surface area contributed by atoms with E-state index in [1.165, 1.54) is 29.0 Å². The predicted octanol–water partition coefficient (Wildman–Crippen LogP) is 6.08. The number of hydrazine groups is 1. The summed E-state index contributed by atoms with van der Waals surface area (Å²) in [6.45, 7) is 0. The standard InChI is InChI=1S/C18H10BrClF6N4O/c19-11-6-9(17(21,22)23)3-4-13(11)30-5-1-2-14(30)16(31)29-28-15-12(20)7-10(8-27-15)18(24,25)26/h1-8H,(H,27,28)(H,29,31). The number of carbonyl (C=O) groups excluding carboxylic acids is 1. The Morgan fingerprint density at radius 1 is 1.03 bits per heavy atom. The fourth-order valence-corrected chi connectivity index (χ4v) is 3.30. The number of benzene rings is 1. The zero-order chi connectivity index (χ0) is 23.0. The van der Waals surface area contributed by atoms with E-state index in [0.717, 1.165) is 12.1 Å². The zero-order valence-electron chi connectivity index (χ0n) is 14.9. The van der Waals surface area contributed by atoms with Gasteiger partial charge in [-0.15, -0.1) is 0 Å². The minimum Gasteiger partial charge on any atom is -0.311 e. The third-order valence-electron chi connectivity index (χ3n) is 3.98. The first-order valence-corrected chi connectivity index (χ1v) is 9.38. The van der Waals surface area contributed by atoms with Crippen LogP contribution in [0.1, 0.15) is 21.6 Å². The van der Waals surface area contributed by atoms with E-state index in [-0.39, 0.29) is 26.7 Å². The van der Waals surface area contributed by atoms with Crippen LogP contribution in [0.5, 0.6) is 0 Å². The lowest BCUT2D eigenvalue weighted by atomic mass is 10.2. The van der Waals surface area contributed by atoms with Gasteiger partial charge < -0.3 is 4.57 Å². The highest BCUT2D eigenvalue weighted by atomic mass is 79.9. The number of carbonyl (C=O) groups is 1. The van der Waals surface area contributed by atoms with Crippen LogP contribution < -0.4 is 10.9 Å². The Labute approximate surface area is 184 Å². The molecule has 31 heavy (non-hydrogen) atoms. The topological polar surface area (TPSA) is 59.0 Å². The Bertz CT molecular complexity index is 1130. The predicted molar refractivity (Wildman–Crippen MR) is 104 cm³/mol. The van der Waals surface area contributed by atoms with Gasteiger partial charge in [0.15, 0.2) is 5.82 Å². The molecule has 3 aromatic rings. The van der Waals surface area contributed by atoms with Crippen LogP contribution in [0.3, 0.4) is 0 Å². The van der Waals surface area contributed by atoms with Crippen LogP contribution in [-0.2, 0) is 12.4 Å². The molecule has 0 aliphatic carbocycles. The minimum atomic E-state index is -4.63. The number of anilines is 1. The third kappa shape index (κ3) is 5.13. The molecule has 13 heteroatoms. The number of aromatic nitrogens is 2. The summed E-state index contributed by atoms with van der Waals surface area (Å²) in [6.07, 6.45) is -7.17. The van der Waals surface area contributed by atoms with Crippen LogP contribution in [0.15, 0.2) is 53.3 Å². The molecule has 5 nitrogen and oxygen atoms in total. The second kappa shape index (κ2) is 8.42. The van der Waals surface area contributed by atoms with Gasteiger partial charge >= 0.3 is 12.4 Å². The summed E-state index contributed by atoms with van der Waals surface area (Å²) >= 11 is 8.83. The zero-order valence-corrected chi connectivity index (χ0v) is 17.3. The minimum absolute atomic E-state index is 0.0241. The van der Waals surface area contributed by atoms with Crippen molar-refractivity contribution in [3.05, 3.63) is 75.1 Å². The maximum absolute atomic E-state index is 12.9. The van der Waals surface area contributed by atoms with E-state index >= 15 is 0 Å². The summed E-state index contributed by atoms with van der Waals surface area (Å²) in [4.78, 5) is 16.0. The largest absolute Gasteiger partial charge is 0.417 e. The second-order valence-corrected chi connectivity index (χ2v) is 7.32. The molecule has 1 aromatic carbocycles. The van der Waals surface area contributed by atoms with Crippen LogP contribution in [0.4, 0.5) is 32.2 Å². The Morgan fingerprint density at radius 2 is 1.71 bits per heavy atom. The molecule has 0 aliphatic rings. The van der Waals surface area contributed by atoms with Gasteiger partial charge in [-0.05, 0) is 52.3 Å². The number of rotatable bonds is 4. The Morgan fingerprint density at radius 3 is 2.29 bits per heavy atom. The van der Waals surface area contributed by atoms with Gasteiger partial charge in [-0.2, -0.15) is 26.3 Å². The van der Waals surface area contributed by atoms with Crippen molar-refractivity contribution in [2.75, 3.05) is 5.43 Å². The van der Waals surface area contributed by atoms with E-state index in [2.05, 4.69) is 31.8 Å². The molecule has 2 aromatic heterocycles. The lowest BCUT2D eigenvalue weighted by Crippen LogP contribution is -2.31. The summed E-state index contributed by atoms with van der Waals surface area (Å²) < 4.78 is 78.0. The number of pyridine rings is 1. The van der Waals surface area contributed by atoms with E-state index in [4.69, 9.17) is 11.6 Å². The lowest BCUT2D eigenvalue weighted by molar-refractivity contribution is -0.138. The number of alkyl halides is 6. The highest BCUT2D eigenvalue weighted by Crippen LogP contribution is 2.34. The van der Waals surface area contributed by atoms with Gasteiger partial charge in [-0.25, -0.2) is 4.98 Å². The van der Waals surface area contributed by atoms with Crippen LogP contribution in [0, 0.1) is 0 Å². The summed E-state index contributed by atoms with van der Waals surface area (Å²) in [6, 6.07) is 6.45.